The molecular formula is C15H29N3S. The molecule has 1 heterocycles. The van der Waals surface area contributed by atoms with E-state index in [2.05, 4.69) is 51.9 Å². The first-order chi connectivity index (χ1) is 9.01. The second-order valence-corrected chi connectivity index (χ2v) is 6.57. The van der Waals surface area contributed by atoms with E-state index in [0.29, 0.717) is 12.0 Å². The first kappa shape index (κ1) is 16.4. The smallest absolute Gasteiger partial charge is 0.185 e. The lowest BCUT2D eigenvalue weighted by molar-refractivity contribution is 0.657. The van der Waals surface area contributed by atoms with Crippen molar-refractivity contribution in [1.82, 2.24) is 10.3 Å². The maximum atomic E-state index is 4.86. The van der Waals surface area contributed by atoms with E-state index in [4.69, 9.17) is 4.98 Å². The average molecular weight is 283 g/mol. The van der Waals surface area contributed by atoms with Crippen molar-refractivity contribution in [2.45, 2.75) is 66.0 Å². The van der Waals surface area contributed by atoms with Gasteiger partial charge in [0.05, 0.1) is 5.69 Å². The van der Waals surface area contributed by atoms with Gasteiger partial charge in [0.2, 0.25) is 0 Å². The molecule has 1 aromatic heterocycles. The Morgan fingerprint density at radius 2 is 1.95 bits per heavy atom. The summed E-state index contributed by atoms with van der Waals surface area (Å²) in [6.07, 6.45) is 2.33. The van der Waals surface area contributed by atoms with Crippen LogP contribution in [0.3, 0.4) is 0 Å². The van der Waals surface area contributed by atoms with Crippen molar-refractivity contribution in [2.75, 3.05) is 18.5 Å². The summed E-state index contributed by atoms with van der Waals surface area (Å²) >= 11 is 1.84. The Hall–Kier alpha value is -0.610. The standard InChI is InChI=1S/C15H29N3S/c1-7-9-16-10-13-14(11(3)4)17-15(19-13)18(6)12(5)8-2/h11-12,16H,7-10H2,1-6H3. The Balaban J connectivity index is 2.87. The molecule has 1 rings (SSSR count). The molecule has 0 aliphatic rings. The molecule has 1 N–H and O–H groups in total. The third-order valence-electron chi connectivity index (χ3n) is 3.53. The van der Waals surface area contributed by atoms with Crippen molar-refractivity contribution in [3.63, 3.8) is 0 Å². The van der Waals surface area contributed by atoms with Gasteiger partial charge in [-0.05, 0) is 32.2 Å². The maximum absolute atomic E-state index is 4.86. The molecule has 3 nitrogen and oxygen atoms in total. The fourth-order valence-electron chi connectivity index (χ4n) is 1.92. The summed E-state index contributed by atoms with van der Waals surface area (Å²) in [5.74, 6) is 0.494. The number of hydrogen-bond acceptors (Lipinski definition) is 4. The zero-order valence-electron chi connectivity index (χ0n) is 13.3. The van der Waals surface area contributed by atoms with Gasteiger partial charge in [-0.15, -0.1) is 11.3 Å². The molecule has 0 spiro atoms. The first-order valence-electron chi connectivity index (χ1n) is 7.44. The summed E-state index contributed by atoms with van der Waals surface area (Å²) in [4.78, 5) is 8.56. The summed E-state index contributed by atoms with van der Waals surface area (Å²) in [7, 11) is 2.15. The third kappa shape index (κ3) is 4.46. The maximum Gasteiger partial charge on any atom is 0.185 e. The average Bonchev–Trinajstić information content (AvgIpc) is 2.81. The summed E-state index contributed by atoms with van der Waals surface area (Å²) < 4.78 is 0. The van der Waals surface area contributed by atoms with Crippen LogP contribution < -0.4 is 10.2 Å². The number of hydrogen-bond donors (Lipinski definition) is 1. The van der Waals surface area contributed by atoms with Crippen molar-refractivity contribution >= 4 is 16.5 Å². The number of nitrogens with zero attached hydrogens (tertiary/aromatic N) is 2. The van der Waals surface area contributed by atoms with Crippen LogP contribution in [0.15, 0.2) is 0 Å². The highest BCUT2D eigenvalue weighted by Gasteiger charge is 2.18. The van der Waals surface area contributed by atoms with Crippen molar-refractivity contribution in [1.29, 1.82) is 0 Å². The quantitative estimate of drug-likeness (QED) is 0.731. The van der Waals surface area contributed by atoms with Crippen LogP contribution in [0.2, 0.25) is 0 Å². The van der Waals surface area contributed by atoms with Gasteiger partial charge in [-0.2, -0.15) is 0 Å². The Morgan fingerprint density at radius 3 is 2.47 bits per heavy atom. The topological polar surface area (TPSA) is 28.2 Å². The zero-order chi connectivity index (χ0) is 14.4. The largest absolute Gasteiger partial charge is 0.348 e. The van der Waals surface area contributed by atoms with E-state index < -0.39 is 0 Å². The zero-order valence-corrected chi connectivity index (χ0v) is 14.1. The third-order valence-corrected chi connectivity index (χ3v) is 4.69. The first-order valence-corrected chi connectivity index (χ1v) is 8.25. The molecule has 110 valence electrons. The van der Waals surface area contributed by atoms with E-state index in [1.807, 2.05) is 11.3 Å². The lowest BCUT2D eigenvalue weighted by Crippen LogP contribution is -2.27. The molecule has 0 saturated heterocycles. The van der Waals surface area contributed by atoms with Crippen LogP contribution in [0.1, 0.15) is 63.9 Å². The second-order valence-electron chi connectivity index (χ2n) is 5.50. The lowest BCUT2D eigenvalue weighted by atomic mass is 10.1. The molecule has 0 bridgehead atoms. The molecule has 0 aliphatic heterocycles. The number of rotatable bonds is 8. The predicted molar refractivity (Wildman–Crippen MR) is 86.4 cm³/mol. The normalized spacial score (nSPS) is 13.0. The minimum Gasteiger partial charge on any atom is -0.348 e. The molecular weight excluding hydrogens is 254 g/mol. The van der Waals surface area contributed by atoms with E-state index in [9.17, 15) is 0 Å². The number of thiazole rings is 1. The van der Waals surface area contributed by atoms with Crippen LogP contribution in [-0.4, -0.2) is 24.6 Å². The summed E-state index contributed by atoms with van der Waals surface area (Å²) in [6.45, 7) is 13.2. The molecule has 1 aromatic rings. The SMILES string of the molecule is CCCNCc1sc(N(C)C(C)CC)nc1C(C)C. The summed E-state index contributed by atoms with van der Waals surface area (Å²) in [5, 5.41) is 4.65. The minimum absolute atomic E-state index is 0.494. The van der Waals surface area contributed by atoms with Gasteiger partial charge in [0.15, 0.2) is 5.13 Å². The predicted octanol–water partition coefficient (Wildman–Crippen LogP) is 4.00. The van der Waals surface area contributed by atoms with Gasteiger partial charge < -0.3 is 10.2 Å². The van der Waals surface area contributed by atoms with Crippen LogP contribution in [0.5, 0.6) is 0 Å². The monoisotopic (exact) mass is 283 g/mol. The van der Waals surface area contributed by atoms with Gasteiger partial charge in [0.1, 0.15) is 0 Å². The molecule has 0 radical (unpaired) electrons. The Kier molecular flexibility index (Phi) is 6.80. The highest BCUT2D eigenvalue weighted by Crippen LogP contribution is 2.31. The van der Waals surface area contributed by atoms with Gasteiger partial charge in [-0.1, -0.05) is 27.7 Å². The van der Waals surface area contributed by atoms with E-state index >= 15 is 0 Å². The Bertz CT molecular complexity index is 373. The fraction of sp³-hybridized carbons (Fsp3) is 0.800. The van der Waals surface area contributed by atoms with Crippen molar-refractivity contribution < 1.29 is 0 Å². The summed E-state index contributed by atoms with van der Waals surface area (Å²) in [5.41, 5.74) is 1.26. The molecule has 0 aliphatic carbocycles. The highest BCUT2D eigenvalue weighted by molar-refractivity contribution is 7.15. The van der Waals surface area contributed by atoms with Gasteiger partial charge in [0, 0.05) is 24.5 Å². The van der Waals surface area contributed by atoms with Gasteiger partial charge in [0.25, 0.3) is 0 Å². The molecule has 4 heteroatoms. The number of aromatic nitrogens is 1. The molecule has 1 atom stereocenters. The molecule has 19 heavy (non-hydrogen) atoms. The molecule has 0 saturated carbocycles. The van der Waals surface area contributed by atoms with E-state index in [1.165, 1.54) is 17.0 Å². The highest BCUT2D eigenvalue weighted by atomic mass is 32.1. The van der Waals surface area contributed by atoms with Crippen molar-refractivity contribution in [2.24, 2.45) is 0 Å². The van der Waals surface area contributed by atoms with Crippen molar-refractivity contribution in [3.8, 4) is 0 Å². The second kappa shape index (κ2) is 7.85. The minimum atomic E-state index is 0.494. The van der Waals surface area contributed by atoms with Crippen LogP contribution in [0.25, 0.3) is 0 Å². The Labute approximate surface area is 122 Å². The summed E-state index contributed by atoms with van der Waals surface area (Å²) in [6, 6.07) is 0.544. The molecule has 0 amide bonds. The molecule has 1 unspecified atom stereocenters. The number of anilines is 1. The molecule has 0 aromatic carbocycles. The van der Waals surface area contributed by atoms with Gasteiger partial charge in [-0.3, -0.25) is 0 Å². The number of nitrogens with one attached hydrogen (secondary N) is 1. The van der Waals surface area contributed by atoms with E-state index in [0.717, 1.165) is 24.6 Å². The van der Waals surface area contributed by atoms with E-state index in [-0.39, 0.29) is 0 Å². The van der Waals surface area contributed by atoms with Crippen LogP contribution >= 0.6 is 11.3 Å². The molecule has 0 fully saturated rings. The van der Waals surface area contributed by atoms with Crippen LogP contribution in [0.4, 0.5) is 5.13 Å². The van der Waals surface area contributed by atoms with Gasteiger partial charge >= 0.3 is 0 Å². The Morgan fingerprint density at radius 1 is 1.26 bits per heavy atom. The van der Waals surface area contributed by atoms with Gasteiger partial charge in [-0.25, -0.2) is 4.98 Å². The fourth-order valence-corrected chi connectivity index (χ4v) is 3.17. The van der Waals surface area contributed by atoms with E-state index in [1.54, 1.807) is 0 Å². The lowest BCUT2D eigenvalue weighted by Gasteiger charge is -2.22. The van der Waals surface area contributed by atoms with Crippen LogP contribution in [0, 0.1) is 0 Å². The van der Waals surface area contributed by atoms with Crippen molar-refractivity contribution in [3.05, 3.63) is 10.6 Å². The van der Waals surface area contributed by atoms with Crippen LogP contribution in [-0.2, 0) is 6.54 Å².